The van der Waals surface area contributed by atoms with Crippen molar-refractivity contribution in [1.82, 2.24) is 13.7 Å². The number of sulfonamides is 1. The number of methoxy groups -OCH3 is 1. The first kappa shape index (κ1) is 21.5. The molecule has 3 heterocycles. The van der Waals surface area contributed by atoms with E-state index in [9.17, 15) is 13.2 Å². The van der Waals surface area contributed by atoms with Crippen LogP contribution in [-0.4, -0.2) is 49.2 Å². The first-order chi connectivity index (χ1) is 14.8. The fourth-order valence-corrected chi connectivity index (χ4v) is 5.50. The van der Waals surface area contributed by atoms with Crippen molar-refractivity contribution in [2.75, 3.05) is 26.5 Å². The maximum Gasteiger partial charge on any atom is 0.242 e. The molecule has 0 radical (unpaired) electrons. The number of imidazole rings is 1. The summed E-state index contributed by atoms with van der Waals surface area (Å²) in [4.78, 5) is 19.3. The van der Waals surface area contributed by atoms with Gasteiger partial charge in [-0.05, 0) is 29.6 Å². The molecule has 0 spiro atoms. The van der Waals surface area contributed by atoms with Crippen LogP contribution in [0.4, 0.5) is 5.69 Å². The van der Waals surface area contributed by atoms with E-state index >= 15 is 0 Å². The van der Waals surface area contributed by atoms with E-state index in [-0.39, 0.29) is 17.2 Å². The molecule has 4 aromatic rings. The number of hydrogen-bond donors (Lipinski definition) is 1. The lowest BCUT2D eigenvalue weighted by Crippen LogP contribution is -2.22. The Morgan fingerprint density at radius 3 is 2.74 bits per heavy atom. The summed E-state index contributed by atoms with van der Waals surface area (Å²) in [5.41, 5.74) is 1.96. The van der Waals surface area contributed by atoms with Crippen LogP contribution < -0.4 is 10.1 Å². The van der Waals surface area contributed by atoms with Gasteiger partial charge in [-0.25, -0.2) is 17.7 Å². The van der Waals surface area contributed by atoms with Crippen LogP contribution in [0.3, 0.4) is 0 Å². The SMILES string of the molecule is COc1ccc(S(=O)(=O)N(C)C)cc1NC(=O)Cc1csc2nc(-c3cccs3)cn12. The first-order valence-electron chi connectivity index (χ1n) is 9.19. The molecule has 0 fully saturated rings. The van der Waals surface area contributed by atoms with E-state index in [0.29, 0.717) is 11.4 Å². The van der Waals surface area contributed by atoms with Gasteiger partial charge in [-0.1, -0.05) is 6.07 Å². The van der Waals surface area contributed by atoms with Gasteiger partial charge < -0.3 is 10.1 Å². The molecule has 4 rings (SSSR count). The van der Waals surface area contributed by atoms with Gasteiger partial charge in [-0.15, -0.1) is 22.7 Å². The number of carbonyl (C=O) groups is 1. The molecule has 0 aliphatic rings. The third kappa shape index (κ3) is 4.22. The third-order valence-electron chi connectivity index (χ3n) is 4.62. The number of ether oxygens (including phenoxy) is 1. The number of anilines is 1. The number of fused-ring (bicyclic) bond motifs is 1. The predicted molar refractivity (Wildman–Crippen MR) is 123 cm³/mol. The van der Waals surface area contributed by atoms with Crippen LogP contribution in [0.25, 0.3) is 15.5 Å². The lowest BCUT2D eigenvalue weighted by molar-refractivity contribution is -0.115. The van der Waals surface area contributed by atoms with Crippen molar-refractivity contribution in [1.29, 1.82) is 0 Å². The highest BCUT2D eigenvalue weighted by Crippen LogP contribution is 2.30. The van der Waals surface area contributed by atoms with E-state index in [4.69, 9.17) is 4.74 Å². The van der Waals surface area contributed by atoms with Crippen molar-refractivity contribution in [3.05, 3.63) is 53.0 Å². The molecular weight excluding hydrogens is 456 g/mol. The molecule has 0 bridgehead atoms. The molecule has 162 valence electrons. The molecule has 8 nitrogen and oxygen atoms in total. The van der Waals surface area contributed by atoms with Gasteiger partial charge in [-0.2, -0.15) is 0 Å². The number of aromatic nitrogens is 2. The Hall–Kier alpha value is -2.73. The second kappa shape index (κ2) is 8.42. The second-order valence-corrected chi connectivity index (χ2v) is 10.8. The highest BCUT2D eigenvalue weighted by Gasteiger charge is 2.20. The van der Waals surface area contributed by atoms with Crippen molar-refractivity contribution in [2.45, 2.75) is 11.3 Å². The van der Waals surface area contributed by atoms with Crippen LogP contribution in [0.5, 0.6) is 5.75 Å². The summed E-state index contributed by atoms with van der Waals surface area (Å²) in [5, 5.41) is 6.66. The van der Waals surface area contributed by atoms with Crippen LogP contribution in [0.15, 0.2) is 52.2 Å². The number of benzene rings is 1. The smallest absolute Gasteiger partial charge is 0.242 e. The molecule has 0 aliphatic carbocycles. The van der Waals surface area contributed by atoms with Gasteiger partial charge in [0.15, 0.2) is 4.96 Å². The summed E-state index contributed by atoms with van der Waals surface area (Å²) in [6.07, 6.45) is 2.03. The summed E-state index contributed by atoms with van der Waals surface area (Å²) in [5.74, 6) is 0.0907. The predicted octanol–water partition coefficient (Wildman–Crippen LogP) is 3.56. The molecule has 0 atom stereocenters. The van der Waals surface area contributed by atoms with Crippen LogP contribution in [0, 0.1) is 0 Å². The quantitative estimate of drug-likeness (QED) is 0.440. The second-order valence-electron chi connectivity index (χ2n) is 6.86. The Labute approximate surface area is 187 Å². The van der Waals surface area contributed by atoms with Crippen LogP contribution >= 0.6 is 22.7 Å². The molecule has 1 aromatic carbocycles. The molecule has 0 saturated heterocycles. The summed E-state index contributed by atoms with van der Waals surface area (Å²) >= 11 is 3.07. The van der Waals surface area contributed by atoms with Crippen molar-refractivity contribution in [3.63, 3.8) is 0 Å². The molecule has 1 amide bonds. The molecule has 0 unspecified atom stereocenters. The monoisotopic (exact) mass is 476 g/mol. The minimum absolute atomic E-state index is 0.0710. The fourth-order valence-electron chi connectivity index (χ4n) is 3.01. The van der Waals surface area contributed by atoms with E-state index in [1.807, 2.05) is 33.5 Å². The first-order valence-corrected chi connectivity index (χ1v) is 12.4. The summed E-state index contributed by atoms with van der Waals surface area (Å²) in [6, 6.07) is 8.35. The number of thiazole rings is 1. The lowest BCUT2D eigenvalue weighted by atomic mass is 10.2. The Morgan fingerprint density at radius 1 is 1.26 bits per heavy atom. The minimum Gasteiger partial charge on any atom is -0.495 e. The van der Waals surface area contributed by atoms with Crippen molar-refractivity contribution < 1.29 is 17.9 Å². The van der Waals surface area contributed by atoms with Crippen molar-refractivity contribution in [3.8, 4) is 16.3 Å². The largest absolute Gasteiger partial charge is 0.495 e. The summed E-state index contributed by atoms with van der Waals surface area (Å²) in [7, 11) is 0.730. The molecular formula is C20H20N4O4S3. The number of amides is 1. The molecule has 0 aliphatic heterocycles. The minimum atomic E-state index is -3.64. The van der Waals surface area contributed by atoms with Crippen molar-refractivity contribution >= 4 is 49.3 Å². The average Bonchev–Trinajstić information content (AvgIpc) is 3.46. The Morgan fingerprint density at radius 2 is 2.06 bits per heavy atom. The maximum absolute atomic E-state index is 12.8. The van der Waals surface area contributed by atoms with E-state index in [1.54, 1.807) is 11.3 Å². The van der Waals surface area contributed by atoms with Crippen LogP contribution in [-0.2, 0) is 21.2 Å². The number of carbonyl (C=O) groups excluding carboxylic acids is 1. The summed E-state index contributed by atoms with van der Waals surface area (Å²) in [6.45, 7) is 0. The number of nitrogens with one attached hydrogen (secondary N) is 1. The Balaban J connectivity index is 1.58. The van der Waals surface area contributed by atoms with Gasteiger partial charge in [0.05, 0.1) is 29.0 Å². The number of nitrogens with zero attached hydrogens (tertiary/aromatic N) is 3. The van der Waals surface area contributed by atoms with Gasteiger partial charge in [0, 0.05) is 31.4 Å². The zero-order valence-electron chi connectivity index (χ0n) is 17.0. The van der Waals surface area contributed by atoms with Crippen molar-refractivity contribution in [2.24, 2.45) is 0 Å². The van der Waals surface area contributed by atoms with Gasteiger partial charge >= 0.3 is 0 Å². The normalized spacial score (nSPS) is 11.9. The molecule has 31 heavy (non-hydrogen) atoms. The van der Waals surface area contributed by atoms with Gasteiger partial charge in [0.2, 0.25) is 15.9 Å². The highest BCUT2D eigenvalue weighted by atomic mass is 32.2. The molecule has 0 saturated carbocycles. The summed E-state index contributed by atoms with van der Waals surface area (Å²) < 4.78 is 33.2. The fraction of sp³-hybridized carbons (Fsp3) is 0.200. The van der Waals surface area contributed by atoms with Crippen LogP contribution in [0.1, 0.15) is 5.69 Å². The van der Waals surface area contributed by atoms with Gasteiger partial charge in [0.25, 0.3) is 0 Å². The number of hydrogen-bond acceptors (Lipinski definition) is 7. The molecule has 1 N–H and O–H groups in total. The van der Waals surface area contributed by atoms with E-state index in [0.717, 1.165) is 25.5 Å². The maximum atomic E-state index is 12.8. The Kier molecular flexibility index (Phi) is 5.84. The number of rotatable bonds is 7. The zero-order valence-corrected chi connectivity index (χ0v) is 19.5. The van der Waals surface area contributed by atoms with E-state index in [1.165, 1.54) is 50.7 Å². The standard InChI is InChI=1S/C20H20N4O4S3/c1-23(2)31(26,27)14-6-7-17(28-3)15(10-14)21-19(25)9-13-12-30-20-22-16(11-24(13)20)18-5-4-8-29-18/h4-8,10-12H,9H2,1-3H3,(H,21,25). The number of thiophene rings is 1. The molecule has 3 aromatic heterocycles. The van der Waals surface area contributed by atoms with Crippen LogP contribution in [0.2, 0.25) is 0 Å². The van der Waals surface area contributed by atoms with Gasteiger partial charge in [-0.3, -0.25) is 9.20 Å². The zero-order chi connectivity index (χ0) is 22.2. The lowest BCUT2D eigenvalue weighted by Gasteiger charge is -2.15. The van der Waals surface area contributed by atoms with E-state index in [2.05, 4.69) is 10.3 Å². The Bertz CT molecular complexity index is 1340. The topological polar surface area (TPSA) is 93.0 Å². The van der Waals surface area contributed by atoms with Gasteiger partial charge in [0.1, 0.15) is 11.4 Å². The third-order valence-corrected chi connectivity index (χ3v) is 8.21. The van der Waals surface area contributed by atoms with E-state index < -0.39 is 10.0 Å². The highest BCUT2D eigenvalue weighted by molar-refractivity contribution is 7.89. The average molecular weight is 477 g/mol. The molecule has 11 heteroatoms.